The van der Waals surface area contributed by atoms with Gasteiger partial charge in [0, 0.05) is 13.6 Å². The third-order valence-electron chi connectivity index (χ3n) is 2.28. The first-order valence-corrected chi connectivity index (χ1v) is 5.90. The van der Waals surface area contributed by atoms with E-state index in [4.69, 9.17) is 14.6 Å². The molecule has 0 saturated heterocycles. The van der Waals surface area contributed by atoms with Crippen LogP contribution in [0.15, 0.2) is 30.3 Å². The van der Waals surface area contributed by atoms with Crippen LogP contribution in [0.5, 0.6) is 5.75 Å². The first-order valence-electron chi connectivity index (χ1n) is 5.90. The molecule has 1 aromatic rings. The second-order valence-corrected chi connectivity index (χ2v) is 3.77. The highest BCUT2D eigenvalue weighted by Gasteiger charge is 2.08. The molecule has 0 aliphatic carbocycles. The molecule has 0 radical (unpaired) electrons. The number of hydrogen-bond acceptors (Lipinski definition) is 4. The van der Waals surface area contributed by atoms with E-state index in [1.54, 1.807) is 7.05 Å². The topological polar surface area (TPSA) is 59.0 Å². The monoisotopic (exact) mass is 253 g/mol. The van der Waals surface area contributed by atoms with Crippen LogP contribution in [-0.4, -0.2) is 49.5 Å². The van der Waals surface area contributed by atoms with Crippen molar-refractivity contribution < 1.29 is 19.4 Å². The number of benzene rings is 1. The third-order valence-corrected chi connectivity index (χ3v) is 2.28. The predicted octanol–water partition coefficient (Wildman–Crippen LogP) is 1.52. The molecule has 0 aliphatic heterocycles. The van der Waals surface area contributed by atoms with Gasteiger partial charge in [0.1, 0.15) is 12.4 Å². The fourth-order valence-corrected chi connectivity index (χ4v) is 1.34. The molecule has 0 aromatic heterocycles. The van der Waals surface area contributed by atoms with E-state index in [0.29, 0.717) is 13.2 Å². The molecule has 1 amide bonds. The fraction of sp³-hybridized carbons (Fsp3) is 0.462. The van der Waals surface area contributed by atoms with Gasteiger partial charge in [-0.1, -0.05) is 18.2 Å². The number of hydrogen-bond donors (Lipinski definition) is 1. The van der Waals surface area contributed by atoms with Crippen molar-refractivity contribution in [2.45, 2.75) is 6.42 Å². The van der Waals surface area contributed by atoms with E-state index in [-0.39, 0.29) is 13.2 Å². The van der Waals surface area contributed by atoms with Crippen LogP contribution in [-0.2, 0) is 4.74 Å². The molecule has 5 heteroatoms. The Morgan fingerprint density at radius 1 is 1.28 bits per heavy atom. The minimum atomic E-state index is -0.427. The second-order valence-electron chi connectivity index (χ2n) is 3.77. The number of carbonyl (C=O) groups excluding carboxylic acids is 1. The average molecular weight is 253 g/mol. The Kier molecular flexibility index (Phi) is 6.64. The number of amides is 1. The molecule has 0 fully saturated rings. The molecule has 5 nitrogen and oxygen atoms in total. The van der Waals surface area contributed by atoms with Gasteiger partial charge >= 0.3 is 6.09 Å². The van der Waals surface area contributed by atoms with Crippen molar-refractivity contribution in [1.29, 1.82) is 0 Å². The van der Waals surface area contributed by atoms with Crippen LogP contribution >= 0.6 is 0 Å². The lowest BCUT2D eigenvalue weighted by molar-refractivity contribution is 0.0897. The molecule has 0 saturated carbocycles. The van der Waals surface area contributed by atoms with Gasteiger partial charge in [0.05, 0.1) is 13.2 Å². The van der Waals surface area contributed by atoms with Crippen molar-refractivity contribution in [1.82, 2.24) is 4.90 Å². The summed E-state index contributed by atoms with van der Waals surface area (Å²) in [7, 11) is 1.65. The van der Waals surface area contributed by atoms with E-state index in [9.17, 15) is 4.79 Å². The first kappa shape index (κ1) is 14.3. The molecule has 0 unspecified atom stereocenters. The minimum absolute atomic E-state index is 0.0314. The van der Waals surface area contributed by atoms with E-state index in [1.807, 2.05) is 30.3 Å². The molecule has 1 aromatic carbocycles. The predicted molar refractivity (Wildman–Crippen MR) is 67.6 cm³/mol. The maximum Gasteiger partial charge on any atom is 0.409 e. The lowest BCUT2D eigenvalue weighted by atomic mass is 10.3. The number of nitrogens with zero attached hydrogens (tertiary/aromatic N) is 1. The summed E-state index contributed by atoms with van der Waals surface area (Å²) in [6.45, 7) is 0.971. The van der Waals surface area contributed by atoms with Gasteiger partial charge in [-0.25, -0.2) is 4.79 Å². The van der Waals surface area contributed by atoms with Crippen LogP contribution in [0, 0.1) is 0 Å². The number of aliphatic hydroxyl groups excluding tert-OH is 1. The highest BCUT2D eigenvalue weighted by molar-refractivity contribution is 5.67. The van der Waals surface area contributed by atoms with Crippen LogP contribution in [0.1, 0.15) is 6.42 Å². The van der Waals surface area contributed by atoms with Crippen molar-refractivity contribution in [2.24, 2.45) is 0 Å². The zero-order chi connectivity index (χ0) is 13.2. The van der Waals surface area contributed by atoms with Gasteiger partial charge < -0.3 is 19.5 Å². The molecular weight excluding hydrogens is 234 g/mol. The quantitative estimate of drug-likeness (QED) is 0.748. The van der Waals surface area contributed by atoms with E-state index in [0.717, 1.165) is 12.2 Å². The zero-order valence-electron chi connectivity index (χ0n) is 10.5. The average Bonchev–Trinajstić information content (AvgIpc) is 2.41. The van der Waals surface area contributed by atoms with E-state index >= 15 is 0 Å². The lowest BCUT2D eigenvalue weighted by Gasteiger charge is -2.16. The Labute approximate surface area is 107 Å². The molecular formula is C13H19NO4. The van der Waals surface area contributed by atoms with Gasteiger partial charge in [-0.05, 0) is 18.6 Å². The van der Waals surface area contributed by atoms with Crippen LogP contribution in [0.3, 0.4) is 0 Å². The summed E-state index contributed by atoms with van der Waals surface area (Å²) in [4.78, 5) is 12.8. The van der Waals surface area contributed by atoms with Crippen LogP contribution in [0.2, 0.25) is 0 Å². The largest absolute Gasteiger partial charge is 0.494 e. The normalized spacial score (nSPS) is 9.89. The van der Waals surface area contributed by atoms with Gasteiger partial charge in [-0.15, -0.1) is 0 Å². The van der Waals surface area contributed by atoms with Crippen molar-refractivity contribution >= 4 is 6.09 Å². The van der Waals surface area contributed by atoms with Gasteiger partial charge in [-0.3, -0.25) is 0 Å². The molecule has 0 aliphatic rings. The number of para-hydroxylation sites is 1. The molecule has 0 atom stereocenters. The van der Waals surface area contributed by atoms with Gasteiger partial charge in [0.15, 0.2) is 0 Å². The molecule has 0 heterocycles. The third kappa shape index (κ3) is 5.54. The molecule has 1 N–H and O–H groups in total. The second kappa shape index (κ2) is 8.36. The SMILES string of the molecule is CN(CCCOc1ccccc1)C(=O)OCCO. The maximum absolute atomic E-state index is 11.3. The Hall–Kier alpha value is -1.75. The smallest absolute Gasteiger partial charge is 0.409 e. The number of aliphatic hydroxyl groups is 1. The summed E-state index contributed by atoms with van der Waals surface area (Å²) in [5.41, 5.74) is 0. The molecule has 1 rings (SSSR count). The number of rotatable bonds is 7. The van der Waals surface area contributed by atoms with Gasteiger partial charge in [0.2, 0.25) is 0 Å². The summed E-state index contributed by atoms with van der Waals surface area (Å²) >= 11 is 0. The molecule has 100 valence electrons. The Balaban J connectivity index is 2.12. The number of carbonyl (C=O) groups is 1. The lowest BCUT2D eigenvalue weighted by Crippen LogP contribution is -2.30. The van der Waals surface area contributed by atoms with E-state index in [1.165, 1.54) is 4.90 Å². The van der Waals surface area contributed by atoms with Crippen molar-refractivity contribution in [3.8, 4) is 5.75 Å². The summed E-state index contributed by atoms with van der Waals surface area (Å²) in [5, 5.41) is 8.52. The fourth-order valence-electron chi connectivity index (χ4n) is 1.34. The maximum atomic E-state index is 11.3. The minimum Gasteiger partial charge on any atom is -0.494 e. The van der Waals surface area contributed by atoms with E-state index in [2.05, 4.69) is 0 Å². The molecule has 18 heavy (non-hydrogen) atoms. The Morgan fingerprint density at radius 2 is 2.00 bits per heavy atom. The summed E-state index contributed by atoms with van der Waals surface area (Å²) in [5.74, 6) is 0.822. The highest BCUT2D eigenvalue weighted by Crippen LogP contribution is 2.08. The first-order chi connectivity index (χ1) is 8.74. The van der Waals surface area contributed by atoms with Crippen molar-refractivity contribution in [3.63, 3.8) is 0 Å². The molecule has 0 bridgehead atoms. The van der Waals surface area contributed by atoms with Crippen LogP contribution in [0.25, 0.3) is 0 Å². The Morgan fingerprint density at radius 3 is 2.67 bits per heavy atom. The van der Waals surface area contributed by atoms with Crippen LogP contribution in [0.4, 0.5) is 4.79 Å². The van der Waals surface area contributed by atoms with Crippen LogP contribution < -0.4 is 4.74 Å². The summed E-state index contributed by atoms with van der Waals surface area (Å²) in [6, 6.07) is 9.53. The summed E-state index contributed by atoms with van der Waals surface area (Å²) < 4.78 is 10.3. The zero-order valence-corrected chi connectivity index (χ0v) is 10.5. The van der Waals surface area contributed by atoms with E-state index < -0.39 is 6.09 Å². The van der Waals surface area contributed by atoms with Gasteiger partial charge in [-0.2, -0.15) is 0 Å². The number of ether oxygens (including phenoxy) is 2. The van der Waals surface area contributed by atoms with Crippen molar-refractivity contribution in [2.75, 3.05) is 33.4 Å². The highest BCUT2D eigenvalue weighted by atomic mass is 16.6. The van der Waals surface area contributed by atoms with Gasteiger partial charge in [0.25, 0.3) is 0 Å². The summed E-state index contributed by atoms with van der Waals surface area (Å²) in [6.07, 6.45) is 0.295. The Bertz CT molecular complexity index is 342. The molecule has 0 spiro atoms. The standard InChI is InChI=1S/C13H19NO4/c1-14(13(16)18-11-9-15)8-5-10-17-12-6-3-2-4-7-12/h2-4,6-7,15H,5,8-11H2,1H3. The van der Waals surface area contributed by atoms with Crippen molar-refractivity contribution in [3.05, 3.63) is 30.3 Å².